The highest BCUT2D eigenvalue weighted by atomic mass is 79.9. The van der Waals surface area contributed by atoms with Gasteiger partial charge in [-0.2, -0.15) is 0 Å². The number of fused-ring (bicyclic) bond motifs is 1. The Morgan fingerprint density at radius 1 is 1.19 bits per heavy atom. The molecule has 5 heteroatoms. The molecule has 0 amide bonds. The number of aromatic nitrogens is 1. The minimum atomic E-state index is 0.194. The smallest absolute Gasteiger partial charge is 0.184 e. The molecule has 1 atom stereocenters. The minimum Gasteiger partial charge on any atom is -0.497 e. The predicted octanol–water partition coefficient (Wildman–Crippen LogP) is 5.24. The summed E-state index contributed by atoms with van der Waals surface area (Å²) >= 11 is 5.14. The van der Waals surface area contributed by atoms with Crippen LogP contribution in [0.1, 0.15) is 18.5 Å². The first-order valence-electron chi connectivity index (χ1n) is 6.62. The molecule has 0 aliphatic heterocycles. The number of hydrogen-bond acceptors (Lipinski definition) is 4. The molecule has 1 aromatic heterocycles. The number of rotatable bonds is 4. The van der Waals surface area contributed by atoms with Crippen molar-refractivity contribution in [2.24, 2.45) is 0 Å². The molecule has 1 N–H and O–H groups in total. The Bertz CT molecular complexity index is 755. The molecule has 1 heterocycles. The van der Waals surface area contributed by atoms with Crippen LogP contribution in [-0.4, -0.2) is 12.1 Å². The molecule has 0 saturated heterocycles. The fourth-order valence-corrected chi connectivity index (χ4v) is 3.41. The minimum absolute atomic E-state index is 0.194. The van der Waals surface area contributed by atoms with Crippen LogP contribution >= 0.6 is 27.3 Å². The molecule has 3 rings (SSSR count). The molecule has 3 nitrogen and oxygen atoms in total. The Morgan fingerprint density at radius 3 is 2.67 bits per heavy atom. The van der Waals surface area contributed by atoms with Crippen molar-refractivity contribution in [2.75, 3.05) is 12.4 Å². The van der Waals surface area contributed by atoms with Crippen LogP contribution in [0.5, 0.6) is 5.75 Å². The number of anilines is 1. The van der Waals surface area contributed by atoms with Crippen molar-refractivity contribution in [3.05, 3.63) is 52.5 Å². The maximum Gasteiger partial charge on any atom is 0.184 e. The van der Waals surface area contributed by atoms with Crippen molar-refractivity contribution in [1.29, 1.82) is 0 Å². The van der Waals surface area contributed by atoms with Crippen LogP contribution in [0.4, 0.5) is 5.13 Å². The van der Waals surface area contributed by atoms with Gasteiger partial charge in [0.1, 0.15) is 5.75 Å². The van der Waals surface area contributed by atoms with E-state index >= 15 is 0 Å². The van der Waals surface area contributed by atoms with Crippen LogP contribution < -0.4 is 10.1 Å². The zero-order valence-corrected chi connectivity index (χ0v) is 14.2. The normalized spacial score (nSPS) is 12.3. The van der Waals surface area contributed by atoms with Crippen LogP contribution in [0.25, 0.3) is 10.2 Å². The van der Waals surface area contributed by atoms with E-state index < -0.39 is 0 Å². The molecular weight excluding hydrogens is 348 g/mol. The number of nitrogens with one attached hydrogen (secondary N) is 1. The molecule has 0 aliphatic carbocycles. The van der Waals surface area contributed by atoms with E-state index in [1.165, 1.54) is 10.3 Å². The fourth-order valence-electron chi connectivity index (χ4n) is 2.12. The second kappa shape index (κ2) is 6.03. The van der Waals surface area contributed by atoms with E-state index in [-0.39, 0.29) is 6.04 Å². The van der Waals surface area contributed by atoms with Gasteiger partial charge in [-0.05, 0) is 42.8 Å². The number of benzene rings is 2. The van der Waals surface area contributed by atoms with Gasteiger partial charge >= 0.3 is 0 Å². The molecule has 0 saturated carbocycles. The third-order valence-electron chi connectivity index (χ3n) is 3.31. The van der Waals surface area contributed by atoms with Gasteiger partial charge in [0.05, 0.1) is 23.4 Å². The zero-order valence-electron chi connectivity index (χ0n) is 11.8. The Morgan fingerprint density at radius 2 is 1.95 bits per heavy atom. The SMILES string of the molecule is COc1ccc(C(C)Nc2nc3cc(Br)ccc3s2)cc1. The van der Waals surface area contributed by atoms with Gasteiger partial charge in [0.2, 0.25) is 0 Å². The molecule has 0 spiro atoms. The van der Waals surface area contributed by atoms with E-state index in [1.54, 1.807) is 18.4 Å². The number of nitrogens with zero attached hydrogens (tertiary/aromatic N) is 1. The topological polar surface area (TPSA) is 34.1 Å². The van der Waals surface area contributed by atoms with Crippen LogP contribution in [0.2, 0.25) is 0 Å². The van der Waals surface area contributed by atoms with Crippen molar-refractivity contribution in [3.63, 3.8) is 0 Å². The van der Waals surface area contributed by atoms with E-state index in [9.17, 15) is 0 Å². The first-order valence-corrected chi connectivity index (χ1v) is 8.23. The van der Waals surface area contributed by atoms with Crippen molar-refractivity contribution < 1.29 is 4.74 Å². The fraction of sp³-hybridized carbons (Fsp3) is 0.188. The van der Waals surface area contributed by atoms with Gasteiger partial charge in [-0.25, -0.2) is 4.98 Å². The summed E-state index contributed by atoms with van der Waals surface area (Å²) in [4.78, 5) is 4.63. The van der Waals surface area contributed by atoms with Crippen molar-refractivity contribution >= 4 is 42.6 Å². The third kappa shape index (κ3) is 3.19. The number of halogens is 1. The van der Waals surface area contributed by atoms with Crippen molar-refractivity contribution in [3.8, 4) is 5.75 Å². The number of thiazole rings is 1. The number of methoxy groups -OCH3 is 1. The van der Waals surface area contributed by atoms with Gasteiger partial charge in [-0.1, -0.05) is 39.4 Å². The molecule has 0 fully saturated rings. The molecule has 2 aromatic carbocycles. The Labute approximate surface area is 136 Å². The molecular formula is C16H15BrN2OS. The monoisotopic (exact) mass is 362 g/mol. The van der Waals surface area contributed by atoms with Gasteiger partial charge < -0.3 is 10.1 Å². The summed E-state index contributed by atoms with van der Waals surface area (Å²) in [7, 11) is 1.68. The lowest BCUT2D eigenvalue weighted by molar-refractivity contribution is 0.414. The highest BCUT2D eigenvalue weighted by molar-refractivity contribution is 9.10. The summed E-state index contributed by atoms with van der Waals surface area (Å²) in [5, 5.41) is 4.39. The van der Waals surface area contributed by atoms with Gasteiger partial charge in [0, 0.05) is 4.47 Å². The van der Waals surface area contributed by atoms with Crippen LogP contribution in [0.15, 0.2) is 46.9 Å². The number of hydrogen-bond donors (Lipinski definition) is 1. The Kier molecular flexibility index (Phi) is 4.12. The highest BCUT2D eigenvalue weighted by Gasteiger charge is 2.09. The largest absolute Gasteiger partial charge is 0.497 e. The average molecular weight is 363 g/mol. The third-order valence-corrected chi connectivity index (χ3v) is 4.77. The Balaban J connectivity index is 1.79. The summed E-state index contributed by atoms with van der Waals surface area (Å²) in [5.74, 6) is 0.871. The van der Waals surface area contributed by atoms with Crippen LogP contribution in [0, 0.1) is 0 Å². The molecule has 0 bridgehead atoms. The van der Waals surface area contributed by atoms with E-state index in [1.807, 2.05) is 24.3 Å². The molecule has 21 heavy (non-hydrogen) atoms. The lowest BCUT2D eigenvalue weighted by atomic mass is 10.1. The molecule has 3 aromatic rings. The summed E-state index contributed by atoms with van der Waals surface area (Å²) < 4.78 is 7.42. The van der Waals surface area contributed by atoms with Crippen molar-refractivity contribution in [2.45, 2.75) is 13.0 Å². The molecule has 0 radical (unpaired) electrons. The van der Waals surface area contributed by atoms with E-state index in [0.29, 0.717) is 0 Å². The maximum absolute atomic E-state index is 5.18. The quantitative estimate of drug-likeness (QED) is 0.688. The summed E-state index contributed by atoms with van der Waals surface area (Å²) in [5.41, 5.74) is 2.22. The average Bonchev–Trinajstić information content (AvgIpc) is 2.88. The standard InChI is InChI=1S/C16H15BrN2OS/c1-10(11-3-6-13(20-2)7-4-11)18-16-19-14-9-12(17)5-8-15(14)21-16/h3-10H,1-2H3,(H,18,19). The first kappa shape index (κ1) is 14.4. The second-order valence-corrected chi connectivity index (χ2v) is 6.72. The van der Waals surface area contributed by atoms with Gasteiger partial charge in [0.15, 0.2) is 5.13 Å². The highest BCUT2D eigenvalue weighted by Crippen LogP contribution is 2.30. The van der Waals surface area contributed by atoms with E-state index in [4.69, 9.17) is 4.74 Å². The first-order chi connectivity index (χ1) is 10.2. The van der Waals surface area contributed by atoms with Gasteiger partial charge in [0.25, 0.3) is 0 Å². The maximum atomic E-state index is 5.18. The molecule has 1 unspecified atom stereocenters. The predicted molar refractivity (Wildman–Crippen MR) is 92.4 cm³/mol. The number of ether oxygens (including phenoxy) is 1. The molecule has 108 valence electrons. The lowest BCUT2D eigenvalue weighted by Gasteiger charge is -2.13. The zero-order chi connectivity index (χ0) is 14.8. The molecule has 0 aliphatic rings. The van der Waals surface area contributed by atoms with Gasteiger partial charge in [-0.3, -0.25) is 0 Å². The van der Waals surface area contributed by atoms with Crippen molar-refractivity contribution in [1.82, 2.24) is 4.98 Å². The lowest BCUT2D eigenvalue weighted by Crippen LogP contribution is -2.06. The second-order valence-electron chi connectivity index (χ2n) is 4.77. The summed E-state index contributed by atoms with van der Waals surface area (Å²) in [6.45, 7) is 2.13. The van der Waals surface area contributed by atoms with E-state index in [2.05, 4.69) is 51.4 Å². The Hall–Kier alpha value is -1.59. The van der Waals surface area contributed by atoms with E-state index in [0.717, 1.165) is 20.9 Å². The summed E-state index contributed by atoms with van der Waals surface area (Å²) in [6.07, 6.45) is 0. The van der Waals surface area contributed by atoms with Crippen LogP contribution in [0.3, 0.4) is 0 Å². The summed E-state index contributed by atoms with van der Waals surface area (Å²) in [6, 6.07) is 14.4. The van der Waals surface area contributed by atoms with Crippen LogP contribution in [-0.2, 0) is 0 Å². The van der Waals surface area contributed by atoms with Gasteiger partial charge in [-0.15, -0.1) is 0 Å².